The van der Waals surface area contributed by atoms with Gasteiger partial charge in [-0.15, -0.1) is 0 Å². The highest BCUT2D eigenvalue weighted by Crippen LogP contribution is 2.25. The van der Waals surface area contributed by atoms with Gasteiger partial charge in [0.25, 0.3) is 0 Å². The number of hydrogen-bond donors (Lipinski definition) is 0. The number of esters is 2. The zero-order valence-corrected chi connectivity index (χ0v) is 15.2. The van der Waals surface area contributed by atoms with Crippen molar-refractivity contribution in [3.05, 3.63) is 82.1 Å². The largest absolute Gasteiger partial charge is 0.383 e. The number of para-hydroxylation sites is 2. The van der Waals surface area contributed by atoms with Crippen molar-refractivity contribution in [3.63, 3.8) is 0 Å². The molecule has 0 aliphatic heterocycles. The summed E-state index contributed by atoms with van der Waals surface area (Å²) in [7, 11) is 0. The van der Waals surface area contributed by atoms with Gasteiger partial charge in [-0.2, -0.15) is 0 Å². The van der Waals surface area contributed by atoms with Gasteiger partial charge in [0.05, 0.1) is 21.1 Å². The Bertz CT molecular complexity index is 1130. The minimum absolute atomic E-state index is 0.0704. The molecule has 0 radical (unpaired) electrons. The van der Waals surface area contributed by atoms with Gasteiger partial charge in [-0.3, -0.25) is 0 Å². The van der Waals surface area contributed by atoms with E-state index in [0.717, 1.165) is 0 Å². The fourth-order valence-corrected chi connectivity index (χ4v) is 3.19. The van der Waals surface area contributed by atoms with E-state index >= 15 is 0 Å². The highest BCUT2D eigenvalue weighted by atomic mass is 35.5. The molecule has 0 aliphatic carbocycles. The number of carbonyl (C=O) groups is 2. The fraction of sp³-hybridized carbons (Fsp3) is 0. The Labute approximate surface area is 163 Å². The maximum Gasteiger partial charge on any atom is 0.364 e. The summed E-state index contributed by atoms with van der Waals surface area (Å²) >= 11 is 12.4. The number of hydrogen-bond acceptors (Lipinski definition) is 5. The molecule has 2 aromatic carbocycles. The first-order valence-corrected chi connectivity index (χ1v) is 8.65. The molecule has 27 heavy (non-hydrogen) atoms. The Morgan fingerprint density at radius 3 is 1.56 bits per heavy atom. The van der Waals surface area contributed by atoms with E-state index in [-0.39, 0.29) is 11.4 Å². The van der Waals surface area contributed by atoms with Crippen molar-refractivity contribution in [2.24, 2.45) is 0 Å². The molecule has 2 aromatic heterocycles. The third kappa shape index (κ3) is 3.35. The lowest BCUT2D eigenvalue weighted by Crippen LogP contribution is -2.15. The molecule has 0 aliphatic rings. The molecule has 7 heteroatoms. The quantitative estimate of drug-likeness (QED) is 0.348. The monoisotopic (exact) mass is 396 g/mol. The van der Waals surface area contributed by atoms with E-state index in [9.17, 15) is 9.59 Å². The summed E-state index contributed by atoms with van der Waals surface area (Å²) in [5.41, 5.74) is 0.908. The number of fused-ring (bicyclic) bond motifs is 2. The van der Waals surface area contributed by atoms with Crippen molar-refractivity contribution in [1.29, 1.82) is 0 Å². The molecule has 2 heterocycles. The molecule has 132 valence electrons. The smallest absolute Gasteiger partial charge is 0.364 e. The third-order valence-corrected chi connectivity index (χ3v) is 4.56. The molecule has 0 atom stereocenters. The number of benzene rings is 2. The molecule has 0 N–H and O–H groups in total. The summed E-state index contributed by atoms with van der Waals surface area (Å²) in [4.78, 5) is 33.1. The Morgan fingerprint density at radius 1 is 0.704 bits per heavy atom. The molecule has 0 saturated heterocycles. The molecular formula is C20H10Cl2N2O3. The third-order valence-electron chi connectivity index (χ3n) is 3.94. The van der Waals surface area contributed by atoms with E-state index in [4.69, 9.17) is 27.9 Å². The van der Waals surface area contributed by atoms with E-state index < -0.39 is 11.9 Å². The lowest BCUT2D eigenvalue weighted by molar-refractivity contribution is 0.0390. The average Bonchev–Trinajstić information content (AvgIpc) is 2.68. The molecule has 0 spiro atoms. The summed E-state index contributed by atoms with van der Waals surface area (Å²) < 4.78 is 4.91. The van der Waals surface area contributed by atoms with E-state index in [2.05, 4.69) is 9.97 Å². The number of carbonyl (C=O) groups excluding carboxylic acids is 2. The second-order valence-electron chi connectivity index (χ2n) is 5.69. The van der Waals surface area contributed by atoms with Crippen molar-refractivity contribution in [2.75, 3.05) is 0 Å². The minimum atomic E-state index is -0.918. The van der Waals surface area contributed by atoms with Gasteiger partial charge in [-0.1, -0.05) is 59.6 Å². The fourth-order valence-electron chi connectivity index (χ4n) is 2.66. The second-order valence-corrected chi connectivity index (χ2v) is 6.50. The van der Waals surface area contributed by atoms with Crippen LogP contribution < -0.4 is 0 Å². The van der Waals surface area contributed by atoms with E-state index in [1.807, 2.05) is 12.1 Å². The summed E-state index contributed by atoms with van der Waals surface area (Å²) in [6.07, 6.45) is 0. The van der Waals surface area contributed by atoms with E-state index in [0.29, 0.717) is 31.9 Å². The Kier molecular flexibility index (Phi) is 4.48. The van der Waals surface area contributed by atoms with Crippen molar-refractivity contribution in [2.45, 2.75) is 0 Å². The van der Waals surface area contributed by atoms with Crippen LogP contribution in [0.15, 0.2) is 60.7 Å². The van der Waals surface area contributed by atoms with Crippen LogP contribution in [0.1, 0.15) is 21.0 Å². The summed E-state index contributed by atoms with van der Waals surface area (Å²) in [5.74, 6) is -1.84. The number of pyridine rings is 2. The predicted molar refractivity (Wildman–Crippen MR) is 103 cm³/mol. The number of ether oxygens (including phenoxy) is 1. The van der Waals surface area contributed by atoms with Gasteiger partial charge in [0.15, 0.2) is 11.4 Å². The van der Waals surface area contributed by atoms with Gasteiger partial charge in [0.1, 0.15) is 0 Å². The van der Waals surface area contributed by atoms with Crippen LogP contribution in [-0.4, -0.2) is 21.9 Å². The zero-order chi connectivity index (χ0) is 19.0. The predicted octanol–water partition coefficient (Wildman–Crippen LogP) is 5.09. The minimum Gasteiger partial charge on any atom is -0.383 e. The van der Waals surface area contributed by atoms with Gasteiger partial charge in [0.2, 0.25) is 0 Å². The number of aromatic nitrogens is 2. The molecule has 0 saturated carbocycles. The van der Waals surface area contributed by atoms with Crippen LogP contribution in [-0.2, 0) is 4.74 Å². The standard InChI is InChI=1S/C20H10Cl2N2O3/c21-13-9-17(23-15-7-3-1-5-11(13)15)19(25)27-20(26)18-10-14(22)12-6-2-4-8-16(12)24-18/h1-10H. The zero-order valence-electron chi connectivity index (χ0n) is 13.6. The van der Waals surface area contributed by atoms with Crippen LogP contribution in [0.3, 0.4) is 0 Å². The maximum atomic E-state index is 12.3. The SMILES string of the molecule is O=C(OC(=O)c1cc(Cl)c2ccccc2n1)c1cc(Cl)c2ccccc2n1. The molecule has 4 rings (SSSR count). The van der Waals surface area contributed by atoms with Gasteiger partial charge < -0.3 is 4.74 Å². The van der Waals surface area contributed by atoms with Crippen LogP contribution in [0, 0.1) is 0 Å². The highest BCUT2D eigenvalue weighted by molar-refractivity contribution is 6.36. The van der Waals surface area contributed by atoms with Gasteiger partial charge in [-0.25, -0.2) is 19.6 Å². The lowest BCUT2D eigenvalue weighted by Gasteiger charge is -2.06. The maximum absolute atomic E-state index is 12.3. The van der Waals surface area contributed by atoms with E-state index in [1.165, 1.54) is 12.1 Å². The summed E-state index contributed by atoms with van der Waals surface area (Å²) in [6, 6.07) is 16.9. The van der Waals surface area contributed by atoms with Crippen molar-refractivity contribution < 1.29 is 14.3 Å². The van der Waals surface area contributed by atoms with Crippen LogP contribution >= 0.6 is 23.2 Å². The van der Waals surface area contributed by atoms with Crippen molar-refractivity contribution in [3.8, 4) is 0 Å². The van der Waals surface area contributed by atoms with Gasteiger partial charge in [0, 0.05) is 10.8 Å². The van der Waals surface area contributed by atoms with Crippen molar-refractivity contribution >= 4 is 56.9 Å². The van der Waals surface area contributed by atoms with Gasteiger partial charge >= 0.3 is 11.9 Å². The first-order valence-electron chi connectivity index (χ1n) is 7.90. The van der Waals surface area contributed by atoms with Crippen molar-refractivity contribution in [1.82, 2.24) is 9.97 Å². The number of halogens is 2. The molecule has 4 aromatic rings. The first kappa shape index (κ1) is 17.4. The molecule has 0 bridgehead atoms. The highest BCUT2D eigenvalue weighted by Gasteiger charge is 2.20. The van der Waals surface area contributed by atoms with Crippen LogP contribution in [0.2, 0.25) is 10.0 Å². The number of nitrogens with zero attached hydrogens (tertiary/aromatic N) is 2. The Hall–Kier alpha value is -3.02. The van der Waals surface area contributed by atoms with Crippen LogP contribution in [0.5, 0.6) is 0 Å². The summed E-state index contributed by atoms with van der Waals surface area (Å²) in [6.45, 7) is 0. The normalized spacial score (nSPS) is 10.9. The molecule has 5 nitrogen and oxygen atoms in total. The average molecular weight is 397 g/mol. The molecule has 0 fully saturated rings. The molecular weight excluding hydrogens is 387 g/mol. The van der Waals surface area contributed by atoms with Gasteiger partial charge in [-0.05, 0) is 24.3 Å². The lowest BCUT2D eigenvalue weighted by atomic mass is 10.2. The van der Waals surface area contributed by atoms with E-state index in [1.54, 1.807) is 36.4 Å². The Balaban J connectivity index is 1.64. The molecule has 0 amide bonds. The Morgan fingerprint density at radius 2 is 1.11 bits per heavy atom. The summed E-state index contributed by atoms with van der Waals surface area (Å²) in [5, 5.41) is 2.08. The van der Waals surface area contributed by atoms with Crippen LogP contribution in [0.4, 0.5) is 0 Å². The second kappa shape index (κ2) is 6.95. The van der Waals surface area contributed by atoms with Crippen LogP contribution in [0.25, 0.3) is 21.8 Å². The number of rotatable bonds is 2. The topological polar surface area (TPSA) is 69.2 Å². The molecule has 0 unspecified atom stereocenters. The first-order chi connectivity index (χ1) is 13.0.